The van der Waals surface area contributed by atoms with Crippen molar-refractivity contribution >= 4 is 16.6 Å². The quantitative estimate of drug-likeness (QED) is 0.599. The number of fused-ring (bicyclic) bond motifs is 1. The molecule has 3 heterocycles. The highest BCUT2D eigenvalue weighted by Crippen LogP contribution is 2.30. The van der Waals surface area contributed by atoms with E-state index in [2.05, 4.69) is 37.4 Å². The maximum absolute atomic E-state index is 4.60. The number of benzene rings is 1. The third-order valence-electron chi connectivity index (χ3n) is 4.03. The molecule has 0 spiro atoms. The number of rotatable bonds is 3. The van der Waals surface area contributed by atoms with Crippen molar-refractivity contribution in [2.45, 2.75) is 6.92 Å². The third kappa shape index (κ3) is 2.50. The van der Waals surface area contributed by atoms with E-state index in [1.807, 2.05) is 50.5 Å². The van der Waals surface area contributed by atoms with Crippen LogP contribution < -0.4 is 5.32 Å². The molecule has 5 heteroatoms. The van der Waals surface area contributed by atoms with E-state index in [1.54, 1.807) is 6.33 Å². The number of imidazole rings is 1. The molecule has 2 N–H and O–H groups in total. The van der Waals surface area contributed by atoms with Gasteiger partial charge in [-0.3, -0.25) is 9.97 Å². The van der Waals surface area contributed by atoms with Crippen molar-refractivity contribution < 1.29 is 0 Å². The minimum atomic E-state index is 0.893. The van der Waals surface area contributed by atoms with Gasteiger partial charge >= 0.3 is 0 Å². The van der Waals surface area contributed by atoms with E-state index in [4.69, 9.17) is 0 Å². The Hall–Kier alpha value is -3.21. The molecule has 0 saturated heterocycles. The molecule has 0 atom stereocenters. The van der Waals surface area contributed by atoms with Gasteiger partial charge in [-0.25, -0.2) is 4.98 Å². The summed E-state index contributed by atoms with van der Waals surface area (Å²) >= 11 is 0. The maximum Gasteiger partial charge on any atom is 0.0977 e. The summed E-state index contributed by atoms with van der Waals surface area (Å²) in [6.07, 6.45) is 3.54. The van der Waals surface area contributed by atoms with Crippen LogP contribution in [0.3, 0.4) is 0 Å². The van der Waals surface area contributed by atoms with E-state index in [0.717, 1.165) is 44.9 Å². The first kappa shape index (κ1) is 14.4. The number of aromatic amines is 1. The number of anilines is 1. The topological polar surface area (TPSA) is 66.5 Å². The molecule has 0 bridgehead atoms. The molecule has 0 aliphatic rings. The summed E-state index contributed by atoms with van der Waals surface area (Å²) in [6.45, 7) is 1.99. The van der Waals surface area contributed by atoms with Gasteiger partial charge < -0.3 is 10.3 Å². The average Bonchev–Trinajstić information content (AvgIpc) is 3.10. The van der Waals surface area contributed by atoms with Gasteiger partial charge in [0.1, 0.15) is 0 Å². The van der Waals surface area contributed by atoms with Crippen LogP contribution in [0.4, 0.5) is 5.69 Å². The molecule has 0 amide bonds. The van der Waals surface area contributed by atoms with Crippen LogP contribution in [-0.2, 0) is 0 Å². The highest BCUT2D eigenvalue weighted by atomic mass is 14.9. The van der Waals surface area contributed by atoms with E-state index < -0.39 is 0 Å². The molecule has 0 unspecified atom stereocenters. The second-order valence-corrected chi connectivity index (χ2v) is 5.67. The van der Waals surface area contributed by atoms with E-state index in [9.17, 15) is 0 Å². The van der Waals surface area contributed by atoms with Crippen molar-refractivity contribution in [3.8, 4) is 22.6 Å². The lowest BCUT2D eigenvalue weighted by Gasteiger charge is -2.06. The predicted octanol–water partition coefficient (Wildman–Crippen LogP) is 4.04. The zero-order valence-electron chi connectivity index (χ0n) is 13.5. The normalized spacial score (nSPS) is 10.9. The lowest BCUT2D eigenvalue weighted by Crippen LogP contribution is -1.91. The molecular weight excluding hydrogens is 298 g/mol. The van der Waals surface area contributed by atoms with Gasteiger partial charge in [0, 0.05) is 23.7 Å². The standard InChI is InChI=1S/C19H17N5/c1-12-4-3-5-17(24-12)19-18(22-11-23-19)13-6-7-16-14(8-13)9-15(20-2)10-21-16/h3-11,20H,1-2H3,(H,22,23). The van der Waals surface area contributed by atoms with Crippen molar-refractivity contribution in [2.75, 3.05) is 12.4 Å². The second-order valence-electron chi connectivity index (χ2n) is 5.67. The summed E-state index contributed by atoms with van der Waals surface area (Å²) in [7, 11) is 1.89. The Morgan fingerprint density at radius 2 is 1.96 bits per heavy atom. The van der Waals surface area contributed by atoms with Crippen LogP contribution in [-0.4, -0.2) is 27.0 Å². The SMILES string of the molecule is CNc1cnc2ccc(-c3nc[nH]c3-c3cccc(C)n3)cc2c1. The minimum Gasteiger partial charge on any atom is -0.387 e. The molecule has 0 fully saturated rings. The molecule has 0 saturated carbocycles. The zero-order chi connectivity index (χ0) is 16.5. The first-order valence-corrected chi connectivity index (χ1v) is 7.80. The molecule has 4 aromatic rings. The highest BCUT2D eigenvalue weighted by Gasteiger charge is 2.12. The number of nitrogens with one attached hydrogen (secondary N) is 2. The number of hydrogen-bond donors (Lipinski definition) is 2. The van der Waals surface area contributed by atoms with Gasteiger partial charge in [-0.05, 0) is 37.3 Å². The van der Waals surface area contributed by atoms with Crippen LogP contribution in [0.15, 0.2) is 55.0 Å². The number of pyridine rings is 2. The van der Waals surface area contributed by atoms with Crippen LogP contribution in [0, 0.1) is 6.92 Å². The van der Waals surface area contributed by atoms with Gasteiger partial charge in [0.25, 0.3) is 0 Å². The van der Waals surface area contributed by atoms with E-state index in [1.165, 1.54) is 0 Å². The first-order chi connectivity index (χ1) is 11.7. The number of hydrogen-bond acceptors (Lipinski definition) is 4. The van der Waals surface area contributed by atoms with Gasteiger partial charge in [-0.2, -0.15) is 0 Å². The molecular formula is C19H17N5. The summed E-state index contributed by atoms with van der Waals surface area (Å²) in [4.78, 5) is 16.8. The summed E-state index contributed by atoms with van der Waals surface area (Å²) < 4.78 is 0. The number of aromatic nitrogens is 4. The van der Waals surface area contributed by atoms with E-state index >= 15 is 0 Å². The Kier molecular flexibility index (Phi) is 3.46. The van der Waals surface area contributed by atoms with Crippen molar-refractivity contribution in [2.24, 2.45) is 0 Å². The molecule has 0 aliphatic carbocycles. The first-order valence-electron chi connectivity index (χ1n) is 7.80. The predicted molar refractivity (Wildman–Crippen MR) is 96.8 cm³/mol. The summed E-state index contributed by atoms with van der Waals surface area (Å²) in [5.74, 6) is 0. The summed E-state index contributed by atoms with van der Waals surface area (Å²) in [5.41, 5.74) is 6.68. The van der Waals surface area contributed by atoms with Crippen LogP contribution in [0.2, 0.25) is 0 Å². The van der Waals surface area contributed by atoms with Crippen LogP contribution in [0.25, 0.3) is 33.5 Å². The lowest BCUT2D eigenvalue weighted by molar-refractivity contribution is 1.19. The Morgan fingerprint density at radius 3 is 2.79 bits per heavy atom. The lowest BCUT2D eigenvalue weighted by atomic mass is 10.1. The molecule has 118 valence electrons. The third-order valence-corrected chi connectivity index (χ3v) is 4.03. The molecule has 5 nitrogen and oxygen atoms in total. The Bertz CT molecular complexity index is 1020. The van der Waals surface area contributed by atoms with Crippen molar-refractivity contribution in [3.63, 3.8) is 0 Å². The molecule has 4 rings (SSSR count). The summed E-state index contributed by atoms with van der Waals surface area (Å²) in [6, 6.07) is 14.2. The fourth-order valence-electron chi connectivity index (χ4n) is 2.81. The van der Waals surface area contributed by atoms with Crippen LogP contribution in [0.5, 0.6) is 0 Å². The second kappa shape index (κ2) is 5.77. The van der Waals surface area contributed by atoms with Crippen molar-refractivity contribution in [1.29, 1.82) is 0 Å². The number of H-pyrrole nitrogens is 1. The fourth-order valence-corrected chi connectivity index (χ4v) is 2.81. The van der Waals surface area contributed by atoms with E-state index in [0.29, 0.717) is 0 Å². The Balaban J connectivity index is 1.85. The molecule has 0 aliphatic heterocycles. The molecule has 0 radical (unpaired) electrons. The average molecular weight is 315 g/mol. The monoisotopic (exact) mass is 315 g/mol. The zero-order valence-corrected chi connectivity index (χ0v) is 13.5. The number of aryl methyl sites for hydroxylation is 1. The van der Waals surface area contributed by atoms with Gasteiger partial charge in [0.2, 0.25) is 0 Å². The summed E-state index contributed by atoms with van der Waals surface area (Å²) in [5, 5.41) is 4.20. The van der Waals surface area contributed by atoms with Crippen molar-refractivity contribution in [3.05, 3.63) is 60.7 Å². The molecule has 24 heavy (non-hydrogen) atoms. The molecule has 3 aromatic heterocycles. The Labute approximate surface area is 139 Å². The smallest absolute Gasteiger partial charge is 0.0977 e. The van der Waals surface area contributed by atoms with E-state index in [-0.39, 0.29) is 0 Å². The van der Waals surface area contributed by atoms with Crippen LogP contribution >= 0.6 is 0 Å². The van der Waals surface area contributed by atoms with Gasteiger partial charge in [-0.15, -0.1) is 0 Å². The van der Waals surface area contributed by atoms with Crippen molar-refractivity contribution in [1.82, 2.24) is 19.9 Å². The van der Waals surface area contributed by atoms with Gasteiger partial charge in [0.05, 0.1) is 40.8 Å². The molecule has 1 aromatic carbocycles. The Morgan fingerprint density at radius 1 is 1.04 bits per heavy atom. The van der Waals surface area contributed by atoms with Gasteiger partial charge in [0.15, 0.2) is 0 Å². The largest absolute Gasteiger partial charge is 0.387 e. The van der Waals surface area contributed by atoms with Gasteiger partial charge in [-0.1, -0.05) is 12.1 Å². The highest BCUT2D eigenvalue weighted by molar-refractivity contribution is 5.88. The van der Waals surface area contributed by atoms with Crippen LogP contribution in [0.1, 0.15) is 5.69 Å². The minimum absolute atomic E-state index is 0.893. The number of nitrogens with zero attached hydrogens (tertiary/aromatic N) is 3. The fraction of sp³-hybridized carbons (Fsp3) is 0.105. The maximum atomic E-state index is 4.60.